The number of fused-ring (bicyclic) bond motifs is 4. The molecule has 12 heteroatoms. The minimum Gasteiger partial charge on any atom is -0.253 e. The molecule has 1 aliphatic carbocycles. The van der Waals surface area contributed by atoms with E-state index in [4.69, 9.17) is 0 Å². The van der Waals surface area contributed by atoms with Crippen molar-refractivity contribution in [2.75, 3.05) is 0 Å². The summed E-state index contributed by atoms with van der Waals surface area (Å²) in [5.74, 6) is 0. The molecular formula is C24H8N12. The Balaban J connectivity index is 1.43. The van der Waals surface area contributed by atoms with E-state index in [2.05, 4.69) is 39.9 Å². The Labute approximate surface area is 201 Å². The maximum absolute atomic E-state index is 9.23. The Bertz CT molecular complexity index is 2010. The number of hydrogen-bond acceptors (Lipinski definition) is 12. The van der Waals surface area contributed by atoms with E-state index >= 15 is 0 Å². The topological polar surface area (TPSA) is 197 Å². The van der Waals surface area contributed by atoms with Gasteiger partial charge in [0.25, 0.3) is 0 Å². The van der Waals surface area contributed by atoms with Crippen LogP contribution in [0.3, 0.4) is 0 Å². The third kappa shape index (κ3) is 3.19. The molecule has 0 radical (unpaired) electrons. The van der Waals surface area contributed by atoms with Crippen LogP contribution in [0.25, 0.3) is 27.9 Å². The van der Waals surface area contributed by atoms with Crippen LogP contribution >= 0.6 is 0 Å². The zero-order chi connectivity index (χ0) is 24.8. The second-order valence-electron chi connectivity index (χ2n) is 7.73. The van der Waals surface area contributed by atoms with Crippen LogP contribution in [-0.4, -0.2) is 42.0 Å². The summed E-state index contributed by atoms with van der Waals surface area (Å²) in [6, 6.07) is 12.2. The van der Waals surface area contributed by atoms with E-state index < -0.39 is 0 Å². The summed E-state index contributed by atoms with van der Waals surface area (Å²) in [6.45, 7) is 0. The fraction of sp³-hybridized carbons (Fsp3) is 0.0833. The van der Waals surface area contributed by atoms with Crippen molar-refractivity contribution in [3.05, 3.63) is 75.7 Å². The van der Waals surface area contributed by atoms with Crippen LogP contribution in [0.1, 0.15) is 28.3 Å². The van der Waals surface area contributed by atoms with Crippen molar-refractivity contribution in [2.45, 2.75) is 12.1 Å². The molecule has 0 bridgehead atoms. The first-order valence-corrected chi connectivity index (χ1v) is 10.4. The van der Waals surface area contributed by atoms with Gasteiger partial charge in [0, 0.05) is 0 Å². The highest BCUT2D eigenvalue weighted by Gasteiger charge is 2.24. The van der Waals surface area contributed by atoms with Gasteiger partial charge in [0.1, 0.15) is 24.3 Å². The summed E-state index contributed by atoms with van der Waals surface area (Å²) in [4.78, 5) is 34.6. The molecule has 3 aromatic heterocycles. The highest BCUT2D eigenvalue weighted by molar-refractivity contribution is 5.87. The number of hydrogen-bond donors (Lipinski definition) is 0. The van der Waals surface area contributed by atoms with Gasteiger partial charge in [0.2, 0.25) is 0 Å². The van der Waals surface area contributed by atoms with Crippen LogP contribution in [0.2, 0.25) is 0 Å². The van der Waals surface area contributed by atoms with Gasteiger partial charge in [-0.2, -0.15) is 21.0 Å². The first kappa shape index (κ1) is 20.6. The normalized spacial score (nSPS) is 17.3. The minimum atomic E-state index is -0.363. The lowest BCUT2D eigenvalue weighted by Crippen LogP contribution is -2.43. The number of nitrogens with zero attached hydrogens (tertiary/aromatic N) is 12. The summed E-state index contributed by atoms with van der Waals surface area (Å²) in [7, 11) is 0. The zero-order valence-corrected chi connectivity index (χ0v) is 18.0. The monoisotopic (exact) mass is 464 g/mol. The van der Waals surface area contributed by atoms with Crippen molar-refractivity contribution in [1.82, 2.24) is 29.9 Å². The molecule has 0 amide bonds. The molecule has 2 unspecified atom stereocenters. The lowest BCUT2D eigenvalue weighted by molar-refractivity contribution is 0.623. The van der Waals surface area contributed by atoms with Crippen LogP contribution in [0.15, 0.2) is 46.4 Å². The van der Waals surface area contributed by atoms with Crippen molar-refractivity contribution in [3.63, 3.8) is 0 Å². The molecule has 2 aliphatic rings. The molecule has 0 spiro atoms. The quantitative estimate of drug-likeness (QED) is 0.357. The van der Waals surface area contributed by atoms with Gasteiger partial charge >= 0.3 is 0 Å². The zero-order valence-electron chi connectivity index (χ0n) is 18.0. The molecule has 0 fully saturated rings. The first-order valence-electron chi connectivity index (χ1n) is 10.4. The van der Waals surface area contributed by atoms with E-state index in [9.17, 15) is 21.0 Å². The average Bonchev–Trinajstić information content (AvgIpc) is 2.92. The second-order valence-corrected chi connectivity index (χ2v) is 7.73. The minimum absolute atomic E-state index is 0.0788. The summed E-state index contributed by atoms with van der Waals surface area (Å²) in [6.07, 6.45) is 5.74. The standard InChI is InChI=1S/C24H8N12/c25-7-17-19(9-27)35-23-21(33-17)29-13-3-1-11(5-15(13)31-23)12-2-4-14-16(6-12)32-24-22(30-14)34-18(8-26)20(10-28)36-24/h1-6,13,15H. The number of nitriles is 4. The molecule has 4 heterocycles. The van der Waals surface area contributed by atoms with Crippen molar-refractivity contribution in [1.29, 1.82) is 21.0 Å². The first-order chi connectivity index (χ1) is 17.6. The fourth-order valence-corrected chi connectivity index (χ4v) is 3.95. The van der Waals surface area contributed by atoms with Crippen LogP contribution in [0, 0.1) is 45.3 Å². The van der Waals surface area contributed by atoms with Crippen LogP contribution < -0.4 is 11.0 Å². The molecule has 12 nitrogen and oxygen atoms in total. The van der Waals surface area contributed by atoms with E-state index in [1.807, 2.05) is 54.6 Å². The Kier molecular flexibility index (Phi) is 4.47. The summed E-state index contributed by atoms with van der Waals surface area (Å²) >= 11 is 0. The Hall–Kier alpha value is -5.98. The van der Waals surface area contributed by atoms with Gasteiger partial charge in [-0.1, -0.05) is 18.2 Å². The third-order valence-corrected chi connectivity index (χ3v) is 5.62. The summed E-state index contributed by atoms with van der Waals surface area (Å²) in [5.41, 5.74) is 3.26. The fourth-order valence-electron chi connectivity index (χ4n) is 3.95. The predicted molar refractivity (Wildman–Crippen MR) is 121 cm³/mol. The maximum Gasteiger partial charge on any atom is 0.199 e. The van der Waals surface area contributed by atoms with Gasteiger partial charge in [0.05, 0.1) is 23.1 Å². The van der Waals surface area contributed by atoms with Gasteiger partial charge in [-0.25, -0.2) is 29.9 Å². The molecular weight excluding hydrogens is 456 g/mol. The van der Waals surface area contributed by atoms with Gasteiger partial charge in [-0.05, 0) is 29.3 Å². The molecule has 2 atom stereocenters. The van der Waals surface area contributed by atoms with E-state index in [-0.39, 0.29) is 57.1 Å². The third-order valence-electron chi connectivity index (χ3n) is 5.62. The van der Waals surface area contributed by atoms with E-state index in [1.54, 1.807) is 6.07 Å². The molecule has 1 aliphatic heterocycles. The van der Waals surface area contributed by atoms with Crippen LogP contribution in [0.4, 0.5) is 0 Å². The molecule has 6 rings (SSSR count). The molecule has 164 valence electrons. The molecule has 0 N–H and O–H groups in total. The smallest absolute Gasteiger partial charge is 0.199 e. The van der Waals surface area contributed by atoms with Crippen LogP contribution in [0.5, 0.6) is 0 Å². The second kappa shape index (κ2) is 7.81. The largest absolute Gasteiger partial charge is 0.253 e. The Morgan fingerprint density at radius 2 is 1.17 bits per heavy atom. The number of benzene rings is 1. The molecule has 1 aromatic carbocycles. The molecule has 0 saturated heterocycles. The highest BCUT2D eigenvalue weighted by atomic mass is 15.0. The van der Waals surface area contributed by atoms with Crippen molar-refractivity contribution in [2.24, 2.45) is 9.98 Å². The predicted octanol–water partition coefficient (Wildman–Crippen LogP) is 0.493. The number of aromatic nitrogens is 6. The number of rotatable bonds is 1. The van der Waals surface area contributed by atoms with Gasteiger partial charge in [0.15, 0.2) is 45.0 Å². The Morgan fingerprint density at radius 1 is 0.611 bits per heavy atom. The van der Waals surface area contributed by atoms with Crippen molar-refractivity contribution >= 4 is 27.9 Å². The van der Waals surface area contributed by atoms with Gasteiger partial charge in [-0.3, -0.25) is 9.98 Å². The van der Waals surface area contributed by atoms with Crippen LogP contribution in [-0.2, 0) is 0 Å². The lowest BCUT2D eigenvalue weighted by Gasteiger charge is -2.22. The average molecular weight is 464 g/mol. The Morgan fingerprint density at radius 3 is 1.78 bits per heavy atom. The molecule has 36 heavy (non-hydrogen) atoms. The van der Waals surface area contributed by atoms with Crippen molar-refractivity contribution < 1.29 is 0 Å². The molecule has 0 saturated carbocycles. The summed E-state index contributed by atoms with van der Waals surface area (Å²) in [5, 5.41) is 36.8. The summed E-state index contributed by atoms with van der Waals surface area (Å²) < 4.78 is 0. The van der Waals surface area contributed by atoms with Gasteiger partial charge < -0.3 is 0 Å². The lowest BCUT2D eigenvalue weighted by atomic mass is 9.93. The van der Waals surface area contributed by atoms with E-state index in [1.165, 1.54) is 0 Å². The maximum atomic E-state index is 9.23. The highest BCUT2D eigenvalue weighted by Crippen LogP contribution is 2.27. The van der Waals surface area contributed by atoms with E-state index in [0.29, 0.717) is 11.0 Å². The molecule has 4 aromatic rings. The van der Waals surface area contributed by atoms with Gasteiger partial charge in [-0.15, -0.1) is 0 Å². The SMILES string of the molecule is N#Cc1nc2c(nc1C#N)=NC1C=C(c3ccc4nc5nc(C#N)c(C#N)nc5nc4c3)C=CC1N=2. The number of allylic oxidation sites excluding steroid dienone is 2. The van der Waals surface area contributed by atoms with Crippen molar-refractivity contribution in [3.8, 4) is 24.3 Å². The van der Waals surface area contributed by atoms with E-state index in [0.717, 1.165) is 11.1 Å².